The molecule has 0 unspecified atom stereocenters. The van der Waals surface area contributed by atoms with E-state index in [2.05, 4.69) is 4.90 Å². The van der Waals surface area contributed by atoms with Crippen molar-refractivity contribution in [2.24, 2.45) is 0 Å². The van der Waals surface area contributed by atoms with E-state index in [0.717, 1.165) is 29.0 Å². The minimum atomic E-state index is -3.38. The highest BCUT2D eigenvalue weighted by Crippen LogP contribution is 2.41. The van der Waals surface area contributed by atoms with Crippen molar-refractivity contribution < 1.29 is 8.42 Å². The van der Waals surface area contributed by atoms with E-state index in [4.69, 9.17) is 0 Å². The summed E-state index contributed by atoms with van der Waals surface area (Å²) in [6.07, 6.45) is 2.43. The van der Waals surface area contributed by atoms with Crippen molar-refractivity contribution in [1.29, 1.82) is 0 Å². The lowest BCUT2D eigenvalue weighted by Crippen LogP contribution is -2.45. The molecule has 0 saturated heterocycles. The van der Waals surface area contributed by atoms with Crippen molar-refractivity contribution in [3.05, 3.63) is 59.7 Å². The van der Waals surface area contributed by atoms with Gasteiger partial charge in [-0.25, -0.2) is 8.42 Å². The van der Waals surface area contributed by atoms with Gasteiger partial charge < -0.3 is 4.90 Å². The number of aryl methyl sites for hydroxylation is 1. The minimum Gasteiger partial charge on any atom is -0.365 e. The summed E-state index contributed by atoms with van der Waals surface area (Å²) in [6, 6.07) is 16.2. The zero-order valence-electron chi connectivity index (χ0n) is 13.9. The van der Waals surface area contributed by atoms with Gasteiger partial charge in [0.15, 0.2) is 0 Å². The second-order valence-corrected chi connectivity index (χ2v) is 8.62. The summed E-state index contributed by atoms with van der Waals surface area (Å²) in [4.78, 5) is 2.37. The maximum atomic E-state index is 13.0. The van der Waals surface area contributed by atoms with Crippen molar-refractivity contribution in [2.75, 3.05) is 22.3 Å². The summed E-state index contributed by atoms with van der Waals surface area (Å²) in [5.41, 5.74) is 3.85. The molecule has 0 spiro atoms. The monoisotopic (exact) mass is 342 g/mol. The van der Waals surface area contributed by atoms with Crippen LogP contribution in [-0.4, -0.2) is 27.5 Å². The predicted octanol–water partition coefficient (Wildman–Crippen LogP) is 3.31. The summed E-state index contributed by atoms with van der Waals surface area (Å²) in [6.45, 7) is 3.31. The van der Waals surface area contributed by atoms with E-state index in [1.54, 1.807) is 4.31 Å². The van der Waals surface area contributed by atoms with Gasteiger partial charge in [0, 0.05) is 12.6 Å². The van der Waals surface area contributed by atoms with Crippen molar-refractivity contribution in [2.45, 2.75) is 31.6 Å². The highest BCUT2D eigenvalue weighted by molar-refractivity contribution is 7.92. The lowest BCUT2D eigenvalue weighted by Gasteiger charge is -2.38. The first-order valence-corrected chi connectivity index (χ1v) is 10.1. The Bertz CT molecular complexity index is 842. The van der Waals surface area contributed by atoms with Gasteiger partial charge in [0.25, 0.3) is 0 Å². The Hall–Kier alpha value is -2.01. The molecule has 1 aliphatic carbocycles. The summed E-state index contributed by atoms with van der Waals surface area (Å²) in [5, 5.41) is 0. The van der Waals surface area contributed by atoms with E-state index in [1.165, 1.54) is 12.8 Å². The number of benzene rings is 2. The molecule has 1 heterocycles. The lowest BCUT2D eigenvalue weighted by atomic mass is 10.2. The molecule has 2 aromatic carbocycles. The van der Waals surface area contributed by atoms with E-state index < -0.39 is 10.0 Å². The molecular formula is C19H22N2O2S. The molecule has 24 heavy (non-hydrogen) atoms. The summed E-state index contributed by atoms with van der Waals surface area (Å²) >= 11 is 0. The van der Waals surface area contributed by atoms with Crippen LogP contribution in [0.15, 0.2) is 48.5 Å². The molecular weight excluding hydrogens is 320 g/mol. The average Bonchev–Trinajstić information content (AvgIpc) is 3.40. The zero-order valence-corrected chi connectivity index (χ0v) is 14.7. The SMILES string of the molecule is Cc1ccc(CS(=O)(=O)N2CCN(C3CC3)c3ccccc32)cc1. The van der Waals surface area contributed by atoms with Gasteiger partial charge in [-0.2, -0.15) is 0 Å². The molecule has 0 aromatic heterocycles. The number of hydrogen-bond donors (Lipinski definition) is 0. The van der Waals surface area contributed by atoms with Crippen LogP contribution < -0.4 is 9.21 Å². The van der Waals surface area contributed by atoms with Crippen LogP contribution in [0.4, 0.5) is 11.4 Å². The topological polar surface area (TPSA) is 40.6 Å². The normalized spacial score (nSPS) is 17.7. The number of para-hydroxylation sites is 2. The molecule has 126 valence electrons. The van der Waals surface area contributed by atoms with Crippen LogP contribution in [0.2, 0.25) is 0 Å². The largest absolute Gasteiger partial charge is 0.365 e. The van der Waals surface area contributed by atoms with E-state index >= 15 is 0 Å². The van der Waals surface area contributed by atoms with Gasteiger partial charge in [0.1, 0.15) is 0 Å². The second kappa shape index (κ2) is 5.81. The number of fused-ring (bicyclic) bond motifs is 1. The van der Waals surface area contributed by atoms with E-state index in [0.29, 0.717) is 12.6 Å². The molecule has 0 bridgehead atoms. The van der Waals surface area contributed by atoms with Crippen LogP contribution in [0.5, 0.6) is 0 Å². The van der Waals surface area contributed by atoms with Gasteiger partial charge in [-0.15, -0.1) is 0 Å². The molecule has 2 aliphatic rings. The minimum absolute atomic E-state index is 0.0467. The number of anilines is 2. The van der Waals surface area contributed by atoms with E-state index in [1.807, 2.05) is 55.5 Å². The molecule has 0 atom stereocenters. The molecule has 0 radical (unpaired) electrons. The highest BCUT2D eigenvalue weighted by atomic mass is 32.2. The van der Waals surface area contributed by atoms with Crippen molar-refractivity contribution in [3.63, 3.8) is 0 Å². The van der Waals surface area contributed by atoms with Crippen molar-refractivity contribution in [3.8, 4) is 0 Å². The molecule has 1 fully saturated rings. The van der Waals surface area contributed by atoms with Gasteiger partial charge in [-0.3, -0.25) is 4.31 Å². The maximum Gasteiger partial charge on any atom is 0.239 e. The Balaban J connectivity index is 1.65. The first-order chi connectivity index (χ1) is 11.5. The molecule has 1 saturated carbocycles. The maximum absolute atomic E-state index is 13.0. The Labute approximate surface area is 143 Å². The van der Waals surface area contributed by atoms with Gasteiger partial charge in [-0.1, -0.05) is 42.0 Å². The third-order valence-electron chi connectivity index (χ3n) is 4.80. The fourth-order valence-corrected chi connectivity index (χ4v) is 4.97. The number of sulfonamides is 1. The van der Waals surface area contributed by atoms with Crippen molar-refractivity contribution >= 4 is 21.4 Å². The van der Waals surface area contributed by atoms with Crippen molar-refractivity contribution in [1.82, 2.24) is 0 Å². The first-order valence-electron chi connectivity index (χ1n) is 8.46. The average molecular weight is 342 g/mol. The van der Waals surface area contributed by atoms with Gasteiger partial charge >= 0.3 is 0 Å². The Morgan fingerprint density at radius 2 is 1.62 bits per heavy atom. The van der Waals surface area contributed by atoms with Gasteiger partial charge in [0.05, 0.1) is 23.7 Å². The molecule has 1 aliphatic heterocycles. The standard InChI is InChI=1S/C19H22N2O2S/c1-15-6-8-16(9-7-15)14-24(22,23)21-13-12-20(17-10-11-17)18-4-2-3-5-19(18)21/h2-9,17H,10-14H2,1H3. The predicted molar refractivity (Wildman–Crippen MR) is 98.0 cm³/mol. The van der Waals surface area contributed by atoms with Crippen LogP contribution >= 0.6 is 0 Å². The number of nitrogens with zero attached hydrogens (tertiary/aromatic N) is 2. The van der Waals surface area contributed by atoms with Crippen LogP contribution in [0, 0.1) is 6.92 Å². The third kappa shape index (κ3) is 2.88. The lowest BCUT2D eigenvalue weighted by molar-refractivity contribution is 0.587. The fraction of sp³-hybridized carbons (Fsp3) is 0.368. The Morgan fingerprint density at radius 3 is 2.29 bits per heavy atom. The smallest absolute Gasteiger partial charge is 0.239 e. The molecule has 5 heteroatoms. The number of hydrogen-bond acceptors (Lipinski definition) is 3. The van der Waals surface area contributed by atoms with Crippen LogP contribution in [0.25, 0.3) is 0 Å². The van der Waals surface area contributed by atoms with Crippen LogP contribution in [0.3, 0.4) is 0 Å². The molecule has 4 rings (SSSR count). The molecule has 4 nitrogen and oxygen atoms in total. The van der Waals surface area contributed by atoms with Gasteiger partial charge in [0.2, 0.25) is 10.0 Å². The summed E-state index contributed by atoms with van der Waals surface area (Å²) in [5.74, 6) is 0.0467. The first kappa shape index (κ1) is 15.5. The second-order valence-electron chi connectivity index (χ2n) is 6.73. The highest BCUT2D eigenvalue weighted by Gasteiger charge is 2.36. The summed E-state index contributed by atoms with van der Waals surface area (Å²) < 4.78 is 27.6. The Kier molecular flexibility index (Phi) is 3.76. The molecule has 2 aromatic rings. The molecule has 0 amide bonds. The fourth-order valence-electron chi connectivity index (χ4n) is 3.38. The summed E-state index contributed by atoms with van der Waals surface area (Å²) in [7, 11) is -3.38. The third-order valence-corrected chi connectivity index (χ3v) is 6.55. The Morgan fingerprint density at radius 1 is 0.958 bits per heavy atom. The van der Waals surface area contributed by atoms with Gasteiger partial charge in [-0.05, 0) is 37.5 Å². The van der Waals surface area contributed by atoms with E-state index in [9.17, 15) is 8.42 Å². The van der Waals surface area contributed by atoms with Crippen LogP contribution in [-0.2, 0) is 15.8 Å². The van der Waals surface area contributed by atoms with Crippen LogP contribution in [0.1, 0.15) is 24.0 Å². The molecule has 0 N–H and O–H groups in total. The zero-order chi connectivity index (χ0) is 16.7. The van der Waals surface area contributed by atoms with E-state index in [-0.39, 0.29) is 5.75 Å². The quantitative estimate of drug-likeness (QED) is 0.856. The number of rotatable bonds is 4.